The minimum Gasteiger partial charge on any atom is -0.493 e. The largest absolute Gasteiger partial charge is 0.493 e. The Morgan fingerprint density at radius 1 is 1.36 bits per heavy atom. The lowest BCUT2D eigenvalue weighted by Crippen LogP contribution is -2.25. The van der Waals surface area contributed by atoms with E-state index in [1.165, 1.54) is 17.6 Å². The number of benzene rings is 1. The van der Waals surface area contributed by atoms with Gasteiger partial charge in [-0.25, -0.2) is 4.79 Å². The second-order valence-corrected chi connectivity index (χ2v) is 6.44. The van der Waals surface area contributed by atoms with Gasteiger partial charge in [-0.3, -0.25) is 4.90 Å². The number of hydrogen-bond acceptors (Lipinski definition) is 5. The molecule has 2 rings (SSSR count). The highest BCUT2D eigenvalue weighted by Gasteiger charge is 2.10. The third kappa shape index (κ3) is 4.96. The summed E-state index contributed by atoms with van der Waals surface area (Å²) in [5.74, 6) is 2.69. The number of methoxy groups -OCH3 is 1. The summed E-state index contributed by atoms with van der Waals surface area (Å²) in [6, 6.07) is 9.57. The molecule has 0 bridgehead atoms. The highest BCUT2D eigenvalue weighted by molar-refractivity contribution is 7.98. The molecule has 0 atom stereocenters. The first-order valence-corrected chi connectivity index (χ1v) is 8.94. The SMILES string of the molecule is COC(=O)N(C)c1cccc(OCCSCc2ccsc2)c1. The van der Waals surface area contributed by atoms with Crippen molar-refractivity contribution in [2.45, 2.75) is 5.75 Å². The molecule has 1 aromatic carbocycles. The first-order chi connectivity index (χ1) is 10.7. The smallest absolute Gasteiger partial charge is 0.413 e. The van der Waals surface area contributed by atoms with Crippen molar-refractivity contribution in [3.8, 4) is 5.75 Å². The number of anilines is 1. The van der Waals surface area contributed by atoms with Crippen LogP contribution in [-0.4, -0.2) is 32.6 Å². The van der Waals surface area contributed by atoms with Gasteiger partial charge < -0.3 is 9.47 Å². The van der Waals surface area contributed by atoms with Crippen LogP contribution in [0.1, 0.15) is 5.56 Å². The number of nitrogens with zero attached hydrogens (tertiary/aromatic N) is 1. The normalized spacial score (nSPS) is 10.3. The van der Waals surface area contributed by atoms with E-state index in [0.29, 0.717) is 6.61 Å². The maximum absolute atomic E-state index is 11.5. The Bertz CT molecular complexity index is 587. The van der Waals surface area contributed by atoms with E-state index in [9.17, 15) is 4.79 Å². The summed E-state index contributed by atoms with van der Waals surface area (Å²) in [7, 11) is 3.03. The first kappa shape index (κ1) is 16.7. The highest BCUT2D eigenvalue weighted by Crippen LogP contribution is 2.21. The second kappa shape index (κ2) is 8.70. The standard InChI is InChI=1S/C16H19NO3S2/c1-17(16(18)19-2)14-4-3-5-15(10-14)20-7-9-22-12-13-6-8-21-11-13/h3-6,8,10-11H,7,9,12H2,1-2H3. The van der Waals surface area contributed by atoms with Crippen molar-refractivity contribution < 1.29 is 14.3 Å². The van der Waals surface area contributed by atoms with Gasteiger partial charge in [-0.1, -0.05) is 6.07 Å². The van der Waals surface area contributed by atoms with Crippen molar-refractivity contribution in [3.63, 3.8) is 0 Å². The molecule has 0 saturated heterocycles. The summed E-state index contributed by atoms with van der Waals surface area (Å²) in [5, 5.41) is 4.26. The van der Waals surface area contributed by atoms with Crippen LogP contribution in [0, 0.1) is 0 Å². The van der Waals surface area contributed by atoms with Crippen molar-refractivity contribution >= 4 is 34.9 Å². The van der Waals surface area contributed by atoms with Crippen LogP contribution in [0.3, 0.4) is 0 Å². The van der Waals surface area contributed by atoms with Gasteiger partial charge in [-0.2, -0.15) is 23.1 Å². The van der Waals surface area contributed by atoms with Crippen molar-refractivity contribution in [1.29, 1.82) is 0 Å². The maximum Gasteiger partial charge on any atom is 0.413 e. The molecular formula is C16H19NO3S2. The number of rotatable bonds is 7. The minimum atomic E-state index is -0.400. The van der Waals surface area contributed by atoms with E-state index in [2.05, 4.69) is 16.8 Å². The van der Waals surface area contributed by atoms with Crippen molar-refractivity contribution in [3.05, 3.63) is 46.7 Å². The van der Waals surface area contributed by atoms with E-state index in [1.807, 2.05) is 36.0 Å². The summed E-state index contributed by atoms with van der Waals surface area (Å²) in [6.07, 6.45) is -0.400. The van der Waals surface area contributed by atoms with Crippen molar-refractivity contribution in [1.82, 2.24) is 0 Å². The predicted molar refractivity (Wildman–Crippen MR) is 93.2 cm³/mol. The Labute approximate surface area is 139 Å². The molecule has 1 aromatic heterocycles. The highest BCUT2D eigenvalue weighted by atomic mass is 32.2. The fourth-order valence-corrected chi connectivity index (χ4v) is 3.34. The van der Waals surface area contributed by atoms with E-state index in [4.69, 9.17) is 9.47 Å². The van der Waals surface area contributed by atoms with Gasteiger partial charge in [-0.05, 0) is 34.5 Å². The molecule has 22 heavy (non-hydrogen) atoms. The molecule has 1 heterocycles. The van der Waals surface area contributed by atoms with Gasteiger partial charge in [0.15, 0.2) is 0 Å². The van der Waals surface area contributed by atoms with E-state index in [-0.39, 0.29) is 0 Å². The zero-order valence-corrected chi connectivity index (χ0v) is 14.3. The first-order valence-electron chi connectivity index (χ1n) is 6.84. The second-order valence-electron chi connectivity index (χ2n) is 4.56. The number of thiophene rings is 1. The lowest BCUT2D eigenvalue weighted by molar-refractivity contribution is 0.180. The Balaban J connectivity index is 1.77. The number of thioether (sulfide) groups is 1. The molecule has 1 amide bonds. The lowest BCUT2D eigenvalue weighted by atomic mass is 10.3. The molecule has 4 nitrogen and oxygen atoms in total. The van der Waals surface area contributed by atoms with Gasteiger partial charge in [0.25, 0.3) is 0 Å². The van der Waals surface area contributed by atoms with Gasteiger partial charge in [0.05, 0.1) is 19.4 Å². The number of amides is 1. The lowest BCUT2D eigenvalue weighted by Gasteiger charge is -2.16. The van der Waals surface area contributed by atoms with Crippen molar-refractivity contribution in [2.24, 2.45) is 0 Å². The molecule has 2 aromatic rings. The molecule has 118 valence electrons. The van der Waals surface area contributed by atoms with Crippen LogP contribution in [0.15, 0.2) is 41.1 Å². The Kier molecular flexibility index (Phi) is 6.61. The van der Waals surface area contributed by atoms with E-state index >= 15 is 0 Å². The van der Waals surface area contributed by atoms with E-state index in [1.54, 1.807) is 18.4 Å². The van der Waals surface area contributed by atoms with Crippen molar-refractivity contribution in [2.75, 3.05) is 31.4 Å². The summed E-state index contributed by atoms with van der Waals surface area (Å²) in [5.41, 5.74) is 2.10. The quantitative estimate of drug-likeness (QED) is 0.708. The third-order valence-electron chi connectivity index (χ3n) is 3.00. The molecule has 0 fully saturated rings. The van der Waals surface area contributed by atoms with Crippen LogP contribution in [0.5, 0.6) is 5.75 Å². The molecule has 0 aliphatic rings. The monoisotopic (exact) mass is 337 g/mol. The Morgan fingerprint density at radius 3 is 2.95 bits per heavy atom. The third-order valence-corrected chi connectivity index (χ3v) is 4.72. The molecule has 0 saturated carbocycles. The van der Waals surface area contributed by atoms with Crippen LogP contribution in [0.25, 0.3) is 0 Å². The minimum absolute atomic E-state index is 0.400. The average molecular weight is 337 g/mol. The zero-order valence-electron chi connectivity index (χ0n) is 12.7. The number of carbonyl (C=O) groups is 1. The summed E-state index contributed by atoms with van der Waals surface area (Å²) < 4.78 is 10.4. The molecular weight excluding hydrogens is 318 g/mol. The van der Waals surface area contributed by atoms with Gasteiger partial charge in [0, 0.05) is 24.6 Å². The predicted octanol–water partition coefficient (Wildman–Crippen LogP) is 4.26. The molecule has 0 N–H and O–H groups in total. The zero-order chi connectivity index (χ0) is 15.8. The molecule has 6 heteroatoms. The van der Waals surface area contributed by atoms with Crippen LogP contribution in [-0.2, 0) is 10.5 Å². The van der Waals surface area contributed by atoms with Crippen LogP contribution in [0.4, 0.5) is 10.5 Å². The Morgan fingerprint density at radius 2 is 2.23 bits per heavy atom. The van der Waals surface area contributed by atoms with Gasteiger partial charge in [0.1, 0.15) is 5.75 Å². The summed E-state index contributed by atoms with van der Waals surface area (Å²) in [4.78, 5) is 12.9. The van der Waals surface area contributed by atoms with Gasteiger partial charge in [-0.15, -0.1) is 0 Å². The van der Waals surface area contributed by atoms with E-state index in [0.717, 1.165) is 22.9 Å². The molecule has 0 radical (unpaired) electrons. The number of hydrogen-bond donors (Lipinski definition) is 0. The summed E-state index contributed by atoms with van der Waals surface area (Å²) >= 11 is 3.57. The molecule has 0 spiro atoms. The fraction of sp³-hybridized carbons (Fsp3) is 0.312. The van der Waals surface area contributed by atoms with Gasteiger partial charge in [0.2, 0.25) is 0 Å². The number of carbonyl (C=O) groups excluding carboxylic acids is 1. The number of ether oxygens (including phenoxy) is 2. The fourth-order valence-electron chi connectivity index (χ4n) is 1.81. The molecule has 0 aliphatic heterocycles. The summed E-state index contributed by atoms with van der Waals surface area (Å²) in [6.45, 7) is 0.639. The van der Waals surface area contributed by atoms with E-state index < -0.39 is 6.09 Å². The maximum atomic E-state index is 11.5. The van der Waals surface area contributed by atoms with Crippen LogP contribution >= 0.6 is 23.1 Å². The molecule has 0 aliphatic carbocycles. The molecule has 0 unspecified atom stereocenters. The van der Waals surface area contributed by atoms with Gasteiger partial charge >= 0.3 is 6.09 Å². The van der Waals surface area contributed by atoms with Crippen LogP contribution < -0.4 is 9.64 Å². The average Bonchev–Trinajstić information content (AvgIpc) is 3.06. The van der Waals surface area contributed by atoms with Crippen LogP contribution in [0.2, 0.25) is 0 Å². The topological polar surface area (TPSA) is 38.8 Å². The Hall–Kier alpha value is -1.66.